The van der Waals surface area contributed by atoms with Crippen molar-refractivity contribution in [1.82, 2.24) is 0 Å². The lowest BCUT2D eigenvalue weighted by molar-refractivity contribution is -0.274. The standard InChI is InChI=1S/C15H15F3O2/c1-10-4-3-5-13(14(10)19-2)11-6-8-12(9-7-11)20-15(16,17)18/h4,6-9H,3,5H2,1-2H3. The fraction of sp³-hybridized carbons (Fsp3) is 0.333. The van der Waals surface area contributed by atoms with Crippen molar-refractivity contribution < 1.29 is 22.6 Å². The first-order valence-electron chi connectivity index (χ1n) is 6.21. The zero-order chi connectivity index (χ0) is 14.8. The fourth-order valence-electron chi connectivity index (χ4n) is 2.29. The number of rotatable bonds is 3. The van der Waals surface area contributed by atoms with Crippen LogP contribution < -0.4 is 4.74 Å². The summed E-state index contributed by atoms with van der Waals surface area (Å²) < 4.78 is 45.6. The van der Waals surface area contributed by atoms with Gasteiger partial charge < -0.3 is 9.47 Å². The Morgan fingerprint density at radius 2 is 1.75 bits per heavy atom. The minimum Gasteiger partial charge on any atom is -0.496 e. The van der Waals surface area contributed by atoms with E-state index in [-0.39, 0.29) is 5.75 Å². The molecule has 0 radical (unpaired) electrons. The van der Waals surface area contributed by atoms with Crippen LogP contribution in [0.2, 0.25) is 0 Å². The molecule has 0 aliphatic heterocycles. The number of methoxy groups -OCH3 is 1. The number of benzene rings is 1. The van der Waals surface area contributed by atoms with E-state index in [1.54, 1.807) is 19.2 Å². The van der Waals surface area contributed by atoms with Crippen LogP contribution in [0.5, 0.6) is 5.75 Å². The molecule has 0 aromatic heterocycles. The van der Waals surface area contributed by atoms with E-state index >= 15 is 0 Å². The Morgan fingerprint density at radius 1 is 1.10 bits per heavy atom. The molecule has 1 aliphatic carbocycles. The van der Waals surface area contributed by atoms with Crippen LogP contribution in [0.25, 0.3) is 5.57 Å². The number of ether oxygens (including phenoxy) is 2. The molecule has 5 heteroatoms. The Hall–Kier alpha value is -1.91. The van der Waals surface area contributed by atoms with Crippen molar-refractivity contribution in [3.63, 3.8) is 0 Å². The van der Waals surface area contributed by atoms with Gasteiger partial charge in [-0.1, -0.05) is 18.2 Å². The molecule has 0 N–H and O–H groups in total. The summed E-state index contributed by atoms with van der Waals surface area (Å²) in [5.41, 5.74) is 2.90. The summed E-state index contributed by atoms with van der Waals surface area (Å²) in [4.78, 5) is 0. The van der Waals surface area contributed by atoms with Crippen LogP contribution in [0.4, 0.5) is 13.2 Å². The second-order valence-electron chi connectivity index (χ2n) is 4.51. The van der Waals surface area contributed by atoms with E-state index in [1.165, 1.54) is 12.1 Å². The Kier molecular flexibility index (Phi) is 4.06. The van der Waals surface area contributed by atoms with Gasteiger partial charge in [-0.05, 0) is 43.0 Å². The fourth-order valence-corrected chi connectivity index (χ4v) is 2.29. The van der Waals surface area contributed by atoms with Gasteiger partial charge in [0.2, 0.25) is 0 Å². The molecular formula is C15H15F3O2. The number of allylic oxidation sites excluding steroid dienone is 3. The maximum atomic E-state index is 12.1. The molecule has 2 rings (SSSR count). The van der Waals surface area contributed by atoms with Crippen molar-refractivity contribution in [2.24, 2.45) is 0 Å². The van der Waals surface area contributed by atoms with Crippen molar-refractivity contribution in [3.8, 4) is 5.75 Å². The van der Waals surface area contributed by atoms with Gasteiger partial charge in [-0.25, -0.2) is 0 Å². The average Bonchev–Trinajstić information content (AvgIpc) is 2.37. The molecule has 0 amide bonds. The predicted octanol–water partition coefficient (Wildman–Crippen LogP) is 4.68. The smallest absolute Gasteiger partial charge is 0.496 e. The van der Waals surface area contributed by atoms with Crippen LogP contribution in [0.3, 0.4) is 0 Å². The van der Waals surface area contributed by atoms with E-state index in [0.717, 1.165) is 35.3 Å². The Bertz CT molecular complexity index is 539. The van der Waals surface area contributed by atoms with E-state index in [4.69, 9.17) is 4.74 Å². The van der Waals surface area contributed by atoms with Crippen molar-refractivity contribution in [2.75, 3.05) is 7.11 Å². The lowest BCUT2D eigenvalue weighted by atomic mass is 9.92. The molecule has 0 bridgehead atoms. The molecule has 0 heterocycles. The monoisotopic (exact) mass is 284 g/mol. The van der Waals surface area contributed by atoms with Gasteiger partial charge in [-0.3, -0.25) is 0 Å². The quantitative estimate of drug-likeness (QED) is 0.802. The first-order chi connectivity index (χ1) is 9.40. The zero-order valence-electron chi connectivity index (χ0n) is 11.3. The van der Waals surface area contributed by atoms with E-state index in [0.29, 0.717) is 0 Å². The molecule has 0 spiro atoms. The molecule has 1 aliphatic rings. The second-order valence-corrected chi connectivity index (χ2v) is 4.51. The molecule has 1 aromatic rings. The highest BCUT2D eigenvalue weighted by atomic mass is 19.4. The lowest BCUT2D eigenvalue weighted by Crippen LogP contribution is -2.17. The third-order valence-corrected chi connectivity index (χ3v) is 3.12. The van der Waals surface area contributed by atoms with Crippen molar-refractivity contribution in [1.29, 1.82) is 0 Å². The summed E-state index contributed by atoms with van der Waals surface area (Å²) in [6.07, 6.45) is -0.874. The van der Waals surface area contributed by atoms with Crippen molar-refractivity contribution >= 4 is 5.57 Å². The molecule has 0 fully saturated rings. The van der Waals surface area contributed by atoms with Gasteiger partial charge in [0.1, 0.15) is 11.5 Å². The summed E-state index contributed by atoms with van der Waals surface area (Å²) >= 11 is 0. The van der Waals surface area contributed by atoms with Gasteiger partial charge in [-0.2, -0.15) is 0 Å². The van der Waals surface area contributed by atoms with Gasteiger partial charge in [0, 0.05) is 5.57 Å². The maximum Gasteiger partial charge on any atom is 0.573 e. The summed E-state index contributed by atoms with van der Waals surface area (Å²) in [6.45, 7) is 1.96. The summed E-state index contributed by atoms with van der Waals surface area (Å²) in [5, 5.41) is 0. The second kappa shape index (κ2) is 5.61. The van der Waals surface area contributed by atoms with E-state index in [1.807, 2.05) is 6.92 Å². The van der Waals surface area contributed by atoms with E-state index in [9.17, 15) is 13.2 Å². The first kappa shape index (κ1) is 14.5. The van der Waals surface area contributed by atoms with E-state index < -0.39 is 6.36 Å². The Morgan fingerprint density at radius 3 is 2.30 bits per heavy atom. The molecule has 0 saturated carbocycles. The number of halogens is 3. The van der Waals surface area contributed by atoms with Crippen molar-refractivity contribution in [2.45, 2.75) is 26.1 Å². The number of alkyl halides is 3. The molecule has 0 atom stereocenters. The van der Waals surface area contributed by atoms with Crippen molar-refractivity contribution in [3.05, 3.63) is 47.2 Å². The van der Waals surface area contributed by atoms with Gasteiger partial charge in [-0.15, -0.1) is 13.2 Å². The highest BCUT2D eigenvalue weighted by Crippen LogP contribution is 2.34. The van der Waals surface area contributed by atoms with Crippen LogP contribution in [-0.4, -0.2) is 13.5 Å². The van der Waals surface area contributed by atoms with Crippen LogP contribution in [-0.2, 0) is 4.74 Å². The van der Waals surface area contributed by atoms with Gasteiger partial charge >= 0.3 is 6.36 Å². The normalized spacial score (nSPS) is 15.9. The summed E-state index contributed by atoms with van der Waals surface area (Å²) in [7, 11) is 1.60. The highest BCUT2D eigenvalue weighted by molar-refractivity contribution is 5.72. The molecule has 20 heavy (non-hydrogen) atoms. The lowest BCUT2D eigenvalue weighted by Gasteiger charge is -2.19. The summed E-state index contributed by atoms with van der Waals surface area (Å²) in [5.74, 6) is 0.574. The third kappa shape index (κ3) is 3.35. The molecular weight excluding hydrogens is 269 g/mol. The largest absolute Gasteiger partial charge is 0.573 e. The van der Waals surface area contributed by atoms with Gasteiger partial charge in [0.05, 0.1) is 7.11 Å². The summed E-state index contributed by atoms with van der Waals surface area (Å²) in [6, 6.07) is 5.87. The average molecular weight is 284 g/mol. The Labute approximate surface area is 115 Å². The number of hydrogen-bond acceptors (Lipinski definition) is 2. The van der Waals surface area contributed by atoms with Crippen LogP contribution in [0, 0.1) is 0 Å². The maximum absolute atomic E-state index is 12.1. The molecule has 1 aromatic carbocycles. The third-order valence-electron chi connectivity index (χ3n) is 3.12. The SMILES string of the molecule is COC1=C(c2ccc(OC(F)(F)F)cc2)CCC=C1C. The van der Waals surface area contributed by atoms with E-state index in [2.05, 4.69) is 10.8 Å². The van der Waals surface area contributed by atoms with Crippen LogP contribution >= 0.6 is 0 Å². The minimum absolute atomic E-state index is 0.219. The van der Waals surface area contributed by atoms with Crippen LogP contribution in [0.1, 0.15) is 25.3 Å². The topological polar surface area (TPSA) is 18.5 Å². The first-order valence-corrected chi connectivity index (χ1v) is 6.21. The van der Waals surface area contributed by atoms with Gasteiger partial charge in [0.25, 0.3) is 0 Å². The minimum atomic E-state index is -4.66. The molecule has 0 saturated heterocycles. The molecule has 108 valence electrons. The molecule has 2 nitrogen and oxygen atoms in total. The highest BCUT2D eigenvalue weighted by Gasteiger charge is 2.31. The van der Waals surface area contributed by atoms with Gasteiger partial charge in [0.15, 0.2) is 0 Å². The zero-order valence-corrected chi connectivity index (χ0v) is 11.3. The Balaban J connectivity index is 2.28. The predicted molar refractivity (Wildman–Crippen MR) is 70.0 cm³/mol. The van der Waals surface area contributed by atoms with Crippen LogP contribution in [0.15, 0.2) is 41.7 Å². The number of hydrogen-bond donors (Lipinski definition) is 0. The molecule has 0 unspecified atom stereocenters.